The van der Waals surface area contributed by atoms with E-state index >= 15 is 0 Å². The van der Waals surface area contributed by atoms with Crippen molar-refractivity contribution in [3.05, 3.63) is 10.3 Å². The van der Waals surface area contributed by atoms with Gasteiger partial charge in [0.05, 0.1) is 0 Å². The molecule has 0 aliphatic carbocycles. The lowest BCUT2D eigenvalue weighted by atomic mass is 10.2. The lowest BCUT2D eigenvalue weighted by Crippen LogP contribution is -1.91. The van der Waals surface area contributed by atoms with Gasteiger partial charge in [0.25, 0.3) is 0 Å². The molecule has 0 atom stereocenters. The smallest absolute Gasteiger partial charge is 0.0431 e. The number of rotatable bonds is 4. The van der Waals surface area contributed by atoms with Crippen molar-refractivity contribution >= 4 is 23.5 Å². The molecule has 1 saturated heterocycles. The zero-order valence-electron chi connectivity index (χ0n) is 7.29. The third kappa shape index (κ3) is 4.43. The van der Waals surface area contributed by atoms with Gasteiger partial charge in [-0.05, 0) is 37.2 Å². The number of aliphatic hydroxyl groups is 1. The van der Waals surface area contributed by atoms with Crippen molar-refractivity contribution in [2.24, 2.45) is 0 Å². The second-order valence-corrected chi connectivity index (χ2v) is 5.32. The zero-order chi connectivity index (χ0) is 8.65. The second-order valence-electron chi connectivity index (χ2n) is 2.79. The Morgan fingerprint density at radius 3 is 2.67 bits per heavy atom. The van der Waals surface area contributed by atoms with Crippen molar-refractivity contribution in [1.82, 2.24) is 0 Å². The maximum Gasteiger partial charge on any atom is 0.0431 e. The summed E-state index contributed by atoms with van der Waals surface area (Å²) in [5.41, 5.74) is 0. The molecule has 0 aromatic heterocycles. The SMILES string of the molecule is OCCCCC=C1SCCCS1. The number of thioether (sulfide) groups is 2. The average molecular weight is 204 g/mol. The third-order valence-corrected chi connectivity index (χ3v) is 4.30. The van der Waals surface area contributed by atoms with Gasteiger partial charge in [0.15, 0.2) is 0 Å². The third-order valence-electron chi connectivity index (χ3n) is 1.70. The Balaban J connectivity index is 2.08. The Kier molecular flexibility index (Phi) is 6.00. The fourth-order valence-electron chi connectivity index (χ4n) is 1.04. The molecular weight excluding hydrogens is 188 g/mol. The summed E-state index contributed by atoms with van der Waals surface area (Å²) in [5.74, 6) is 2.58. The molecule has 1 heterocycles. The van der Waals surface area contributed by atoms with Crippen LogP contribution in [0.4, 0.5) is 0 Å². The van der Waals surface area contributed by atoms with E-state index < -0.39 is 0 Å². The lowest BCUT2D eigenvalue weighted by molar-refractivity contribution is 0.285. The molecule has 1 fully saturated rings. The van der Waals surface area contributed by atoms with Crippen molar-refractivity contribution in [2.45, 2.75) is 25.7 Å². The van der Waals surface area contributed by atoms with E-state index in [4.69, 9.17) is 5.11 Å². The molecule has 1 aliphatic heterocycles. The van der Waals surface area contributed by atoms with Gasteiger partial charge in [-0.2, -0.15) is 0 Å². The van der Waals surface area contributed by atoms with E-state index in [-0.39, 0.29) is 0 Å². The minimum absolute atomic E-state index is 0.337. The van der Waals surface area contributed by atoms with Crippen LogP contribution < -0.4 is 0 Å². The van der Waals surface area contributed by atoms with Crippen LogP contribution in [0.15, 0.2) is 10.3 Å². The average Bonchev–Trinajstić information content (AvgIpc) is 2.14. The first kappa shape index (κ1) is 10.5. The monoisotopic (exact) mass is 204 g/mol. The van der Waals surface area contributed by atoms with E-state index in [1.54, 1.807) is 0 Å². The van der Waals surface area contributed by atoms with Gasteiger partial charge < -0.3 is 5.11 Å². The Hall–Kier alpha value is 0.400. The predicted octanol–water partition coefficient (Wildman–Crippen LogP) is 2.86. The summed E-state index contributed by atoms with van der Waals surface area (Å²) in [6, 6.07) is 0. The van der Waals surface area contributed by atoms with Crippen LogP contribution in [0.25, 0.3) is 0 Å². The molecule has 12 heavy (non-hydrogen) atoms. The minimum atomic E-state index is 0.337. The Morgan fingerprint density at radius 2 is 2.00 bits per heavy atom. The Labute approximate surface area is 83.0 Å². The summed E-state index contributed by atoms with van der Waals surface area (Å²) in [6.45, 7) is 0.337. The van der Waals surface area contributed by atoms with Crippen molar-refractivity contribution in [1.29, 1.82) is 0 Å². The molecule has 1 N–H and O–H groups in total. The standard InChI is InChI=1S/C9H16OS2/c10-6-3-1-2-5-9-11-7-4-8-12-9/h5,10H,1-4,6-8H2. The van der Waals surface area contributed by atoms with Crippen LogP contribution in [0.2, 0.25) is 0 Å². The molecule has 0 bridgehead atoms. The molecule has 0 radical (unpaired) electrons. The number of unbranched alkanes of at least 4 members (excludes halogenated alkanes) is 2. The molecule has 70 valence electrons. The summed E-state index contributed by atoms with van der Waals surface area (Å²) in [5, 5.41) is 8.57. The van der Waals surface area contributed by atoms with Crippen molar-refractivity contribution in [3.8, 4) is 0 Å². The van der Waals surface area contributed by atoms with Gasteiger partial charge in [-0.3, -0.25) is 0 Å². The Bertz CT molecular complexity index is 137. The van der Waals surface area contributed by atoms with E-state index in [0.717, 1.165) is 19.3 Å². The van der Waals surface area contributed by atoms with Gasteiger partial charge in [-0.1, -0.05) is 6.08 Å². The summed E-state index contributed by atoms with van der Waals surface area (Å²) in [7, 11) is 0. The molecule has 1 rings (SSSR count). The van der Waals surface area contributed by atoms with Gasteiger partial charge in [0, 0.05) is 10.8 Å². The van der Waals surface area contributed by atoms with E-state index in [1.165, 1.54) is 22.2 Å². The Morgan fingerprint density at radius 1 is 1.25 bits per heavy atom. The van der Waals surface area contributed by atoms with Crippen LogP contribution in [-0.4, -0.2) is 23.2 Å². The highest BCUT2D eigenvalue weighted by Gasteiger charge is 2.04. The molecular formula is C9H16OS2. The molecule has 1 nitrogen and oxygen atoms in total. The zero-order valence-corrected chi connectivity index (χ0v) is 8.92. The van der Waals surface area contributed by atoms with Crippen LogP contribution in [0.5, 0.6) is 0 Å². The first-order valence-electron chi connectivity index (χ1n) is 4.50. The molecule has 0 aromatic rings. The summed E-state index contributed by atoms with van der Waals surface area (Å²) >= 11 is 3.97. The topological polar surface area (TPSA) is 20.2 Å². The molecule has 3 heteroatoms. The first-order chi connectivity index (χ1) is 5.93. The van der Waals surface area contributed by atoms with Gasteiger partial charge in [0.2, 0.25) is 0 Å². The minimum Gasteiger partial charge on any atom is -0.396 e. The predicted molar refractivity (Wildman–Crippen MR) is 58.6 cm³/mol. The van der Waals surface area contributed by atoms with Crippen LogP contribution in [0.3, 0.4) is 0 Å². The highest BCUT2D eigenvalue weighted by Crippen LogP contribution is 2.34. The quantitative estimate of drug-likeness (QED) is 0.711. The van der Waals surface area contributed by atoms with Crippen LogP contribution in [0.1, 0.15) is 25.7 Å². The largest absolute Gasteiger partial charge is 0.396 e. The fraction of sp³-hybridized carbons (Fsp3) is 0.778. The molecule has 0 aromatic carbocycles. The first-order valence-corrected chi connectivity index (χ1v) is 6.47. The molecule has 0 unspecified atom stereocenters. The fourth-order valence-corrected chi connectivity index (χ4v) is 3.51. The maximum atomic E-state index is 8.57. The van der Waals surface area contributed by atoms with Crippen molar-refractivity contribution in [2.75, 3.05) is 18.1 Å². The number of hydrogen-bond acceptors (Lipinski definition) is 3. The van der Waals surface area contributed by atoms with Crippen molar-refractivity contribution < 1.29 is 5.11 Å². The van der Waals surface area contributed by atoms with Crippen LogP contribution >= 0.6 is 23.5 Å². The van der Waals surface area contributed by atoms with E-state index in [0.29, 0.717) is 6.61 Å². The summed E-state index contributed by atoms with van der Waals surface area (Å²) < 4.78 is 1.50. The molecule has 0 spiro atoms. The van der Waals surface area contributed by atoms with E-state index in [9.17, 15) is 0 Å². The number of allylic oxidation sites excluding steroid dienone is 1. The van der Waals surface area contributed by atoms with Gasteiger partial charge in [-0.25, -0.2) is 0 Å². The van der Waals surface area contributed by atoms with Gasteiger partial charge >= 0.3 is 0 Å². The highest BCUT2D eigenvalue weighted by molar-refractivity contribution is 8.22. The van der Waals surface area contributed by atoms with E-state index in [1.807, 2.05) is 23.5 Å². The lowest BCUT2D eigenvalue weighted by Gasteiger charge is -2.11. The van der Waals surface area contributed by atoms with Gasteiger partial charge in [0.1, 0.15) is 0 Å². The summed E-state index contributed by atoms with van der Waals surface area (Å²) in [6.07, 6.45) is 6.88. The molecule has 1 aliphatic rings. The van der Waals surface area contributed by atoms with Crippen LogP contribution in [-0.2, 0) is 0 Å². The van der Waals surface area contributed by atoms with Crippen molar-refractivity contribution in [3.63, 3.8) is 0 Å². The molecule has 0 saturated carbocycles. The van der Waals surface area contributed by atoms with E-state index in [2.05, 4.69) is 6.08 Å². The maximum absolute atomic E-state index is 8.57. The molecule has 0 amide bonds. The summed E-state index contributed by atoms with van der Waals surface area (Å²) in [4.78, 5) is 0. The number of hydrogen-bond donors (Lipinski definition) is 1. The second kappa shape index (κ2) is 6.87. The van der Waals surface area contributed by atoms with Gasteiger partial charge in [-0.15, -0.1) is 23.5 Å². The normalized spacial score (nSPS) is 17.9. The number of aliphatic hydroxyl groups excluding tert-OH is 1. The highest BCUT2D eigenvalue weighted by atomic mass is 32.2. The van der Waals surface area contributed by atoms with Crippen LogP contribution in [0, 0.1) is 0 Å².